The zero-order valence-electron chi connectivity index (χ0n) is 15.8. The summed E-state index contributed by atoms with van der Waals surface area (Å²) in [6.07, 6.45) is 0.135. The lowest BCUT2D eigenvalue weighted by Crippen LogP contribution is -2.50. The molecule has 0 saturated carbocycles. The van der Waals surface area contributed by atoms with Gasteiger partial charge < -0.3 is 19.2 Å². The van der Waals surface area contributed by atoms with Crippen molar-refractivity contribution in [3.05, 3.63) is 36.4 Å². The van der Waals surface area contributed by atoms with Crippen LogP contribution in [0.2, 0.25) is 0 Å². The van der Waals surface area contributed by atoms with Gasteiger partial charge in [0.2, 0.25) is 5.91 Å². The first-order chi connectivity index (χ1) is 13.1. The van der Waals surface area contributed by atoms with E-state index in [2.05, 4.69) is 10.2 Å². The predicted molar refractivity (Wildman–Crippen MR) is 105 cm³/mol. The Balaban J connectivity index is 1.62. The van der Waals surface area contributed by atoms with Gasteiger partial charge in [0.1, 0.15) is 16.9 Å². The molecule has 0 aliphatic carbocycles. The Kier molecular flexibility index (Phi) is 4.76. The molecule has 0 radical (unpaired) electrons. The normalized spacial score (nSPS) is 19.3. The number of fused-ring (bicyclic) bond motifs is 3. The van der Waals surface area contributed by atoms with Gasteiger partial charge in [0.15, 0.2) is 0 Å². The van der Waals surface area contributed by atoms with E-state index < -0.39 is 0 Å². The van der Waals surface area contributed by atoms with Gasteiger partial charge in [-0.3, -0.25) is 9.69 Å². The van der Waals surface area contributed by atoms with Crippen molar-refractivity contribution in [1.29, 1.82) is 0 Å². The second-order valence-corrected chi connectivity index (χ2v) is 6.99. The lowest BCUT2D eigenvalue weighted by Gasteiger charge is -2.34. The Labute approximate surface area is 158 Å². The monoisotopic (exact) mass is 368 g/mol. The second kappa shape index (κ2) is 7.21. The number of benzene rings is 2. The summed E-state index contributed by atoms with van der Waals surface area (Å²) in [6.45, 7) is 6.08. The molecule has 2 heterocycles. The van der Waals surface area contributed by atoms with Crippen LogP contribution in [0.25, 0.3) is 21.9 Å². The molecule has 6 heteroatoms. The van der Waals surface area contributed by atoms with Gasteiger partial charge in [-0.15, -0.1) is 0 Å². The van der Waals surface area contributed by atoms with Crippen molar-refractivity contribution in [3.63, 3.8) is 0 Å². The van der Waals surface area contributed by atoms with Crippen LogP contribution in [0.5, 0.6) is 5.75 Å². The molecule has 0 spiro atoms. The highest BCUT2D eigenvalue weighted by molar-refractivity contribution is 6.08. The summed E-state index contributed by atoms with van der Waals surface area (Å²) in [5.74, 6) is 0.544. The number of methoxy groups -OCH3 is 1. The molecule has 142 valence electrons. The van der Waals surface area contributed by atoms with E-state index in [0.29, 0.717) is 18.0 Å². The Hall–Kier alpha value is -2.57. The van der Waals surface area contributed by atoms with E-state index in [0.717, 1.165) is 35.0 Å². The van der Waals surface area contributed by atoms with E-state index >= 15 is 0 Å². The summed E-state index contributed by atoms with van der Waals surface area (Å²) in [6, 6.07) is 11.4. The van der Waals surface area contributed by atoms with Gasteiger partial charge in [-0.05, 0) is 26.0 Å². The molecule has 3 aromatic rings. The Morgan fingerprint density at radius 2 is 2.07 bits per heavy atom. The highest BCUT2D eigenvalue weighted by atomic mass is 16.5. The Morgan fingerprint density at radius 3 is 2.85 bits per heavy atom. The fourth-order valence-electron chi connectivity index (χ4n) is 3.62. The van der Waals surface area contributed by atoms with Gasteiger partial charge in [0, 0.05) is 29.9 Å². The van der Waals surface area contributed by atoms with E-state index in [9.17, 15) is 4.79 Å². The number of hydrogen-bond donors (Lipinski definition) is 1. The van der Waals surface area contributed by atoms with Gasteiger partial charge in [-0.1, -0.05) is 18.2 Å². The number of carbonyl (C=O) groups is 1. The molecule has 2 atom stereocenters. The molecule has 1 aliphatic rings. The maximum absolute atomic E-state index is 12.8. The number of nitrogens with zero attached hydrogens (tertiary/aromatic N) is 1. The molecular formula is C21H24N2O4. The zero-order valence-corrected chi connectivity index (χ0v) is 15.8. The van der Waals surface area contributed by atoms with E-state index in [1.54, 1.807) is 7.11 Å². The molecule has 1 saturated heterocycles. The van der Waals surface area contributed by atoms with E-state index in [-0.39, 0.29) is 18.1 Å². The molecule has 6 nitrogen and oxygen atoms in total. The molecule has 1 amide bonds. The molecule has 4 rings (SSSR count). The number of furan rings is 1. The van der Waals surface area contributed by atoms with Gasteiger partial charge >= 0.3 is 0 Å². The van der Waals surface area contributed by atoms with Gasteiger partial charge in [-0.2, -0.15) is 0 Å². The number of morpholine rings is 1. The molecule has 1 aliphatic heterocycles. The van der Waals surface area contributed by atoms with Crippen LogP contribution in [0.4, 0.5) is 5.69 Å². The number of nitrogens with one attached hydrogen (secondary N) is 1. The number of carbonyl (C=O) groups excluding carboxylic acids is 1. The summed E-state index contributed by atoms with van der Waals surface area (Å²) < 4.78 is 17.0. The summed E-state index contributed by atoms with van der Waals surface area (Å²) in [7, 11) is 1.60. The van der Waals surface area contributed by atoms with Gasteiger partial charge in [0.05, 0.1) is 31.5 Å². The van der Waals surface area contributed by atoms with Crippen molar-refractivity contribution in [2.24, 2.45) is 0 Å². The maximum Gasteiger partial charge on any atom is 0.241 e. The third-order valence-electron chi connectivity index (χ3n) is 5.16. The van der Waals surface area contributed by atoms with Crippen LogP contribution >= 0.6 is 0 Å². The highest BCUT2D eigenvalue weighted by Gasteiger charge is 2.26. The van der Waals surface area contributed by atoms with Crippen LogP contribution in [0.15, 0.2) is 40.8 Å². The first kappa shape index (κ1) is 17.8. The summed E-state index contributed by atoms with van der Waals surface area (Å²) in [5.41, 5.74) is 2.15. The average Bonchev–Trinajstić information content (AvgIpc) is 3.04. The predicted octanol–water partition coefficient (Wildman–Crippen LogP) is 3.64. The van der Waals surface area contributed by atoms with Crippen LogP contribution in [-0.4, -0.2) is 49.8 Å². The molecule has 1 aromatic heterocycles. The third-order valence-corrected chi connectivity index (χ3v) is 5.16. The molecular weight excluding hydrogens is 344 g/mol. The topological polar surface area (TPSA) is 63.9 Å². The molecule has 0 bridgehead atoms. The molecule has 0 unspecified atom stereocenters. The lowest BCUT2D eigenvalue weighted by molar-refractivity contribution is -0.123. The standard InChI is InChI=1S/C21H24N2O4/c1-13-12-23(8-9-26-13)14(2)21(24)22-17-11-19-16(10-20(17)25-3)15-6-4-5-7-18(15)27-19/h4-7,10-11,13-14H,8-9,12H2,1-3H3,(H,22,24)/t13-,14-/m0/s1. The van der Waals surface area contributed by atoms with Crippen LogP contribution in [-0.2, 0) is 9.53 Å². The fraction of sp³-hybridized carbons (Fsp3) is 0.381. The lowest BCUT2D eigenvalue weighted by atomic mass is 10.1. The number of rotatable bonds is 4. The third kappa shape index (κ3) is 3.38. The molecule has 27 heavy (non-hydrogen) atoms. The molecule has 1 fully saturated rings. The first-order valence-electron chi connectivity index (χ1n) is 9.22. The minimum absolute atomic E-state index is 0.0714. The van der Waals surface area contributed by atoms with Crippen molar-refractivity contribution in [1.82, 2.24) is 4.90 Å². The van der Waals surface area contributed by atoms with Gasteiger partial charge in [0.25, 0.3) is 0 Å². The van der Waals surface area contributed by atoms with Gasteiger partial charge in [-0.25, -0.2) is 0 Å². The largest absolute Gasteiger partial charge is 0.495 e. The minimum Gasteiger partial charge on any atom is -0.495 e. The number of ether oxygens (including phenoxy) is 2. The summed E-state index contributed by atoms with van der Waals surface area (Å²) in [5, 5.41) is 5.00. The first-order valence-corrected chi connectivity index (χ1v) is 9.22. The van der Waals surface area contributed by atoms with Crippen LogP contribution < -0.4 is 10.1 Å². The molecule has 2 aromatic carbocycles. The van der Waals surface area contributed by atoms with Crippen LogP contribution in [0, 0.1) is 0 Å². The zero-order chi connectivity index (χ0) is 19.0. The summed E-state index contributed by atoms with van der Waals surface area (Å²) >= 11 is 0. The van der Waals surface area contributed by atoms with E-state index in [1.165, 1.54) is 0 Å². The van der Waals surface area contributed by atoms with Crippen molar-refractivity contribution in [2.75, 3.05) is 32.1 Å². The second-order valence-electron chi connectivity index (χ2n) is 6.99. The smallest absolute Gasteiger partial charge is 0.241 e. The van der Waals surface area contributed by atoms with E-state index in [4.69, 9.17) is 13.9 Å². The number of anilines is 1. The summed E-state index contributed by atoms with van der Waals surface area (Å²) in [4.78, 5) is 14.9. The van der Waals surface area contributed by atoms with E-state index in [1.807, 2.05) is 50.2 Å². The number of para-hydroxylation sites is 1. The SMILES string of the molecule is COc1cc2c(cc1NC(=O)[C@H](C)N1CCO[C@@H](C)C1)oc1ccccc12. The van der Waals surface area contributed by atoms with Crippen molar-refractivity contribution in [2.45, 2.75) is 26.0 Å². The van der Waals surface area contributed by atoms with Crippen molar-refractivity contribution >= 4 is 33.5 Å². The fourth-order valence-corrected chi connectivity index (χ4v) is 3.62. The average molecular weight is 368 g/mol. The van der Waals surface area contributed by atoms with Crippen molar-refractivity contribution in [3.8, 4) is 5.75 Å². The minimum atomic E-state index is -0.257. The quantitative estimate of drug-likeness (QED) is 0.762. The molecule has 1 N–H and O–H groups in total. The van der Waals surface area contributed by atoms with Crippen LogP contribution in [0.3, 0.4) is 0 Å². The highest BCUT2D eigenvalue weighted by Crippen LogP contribution is 2.36. The maximum atomic E-state index is 12.8. The van der Waals surface area contributed by atoms with Crippen molar-refractivity contribution < 1.29 is 18.7 Å². The van der Waals surface area contributed by atoms with Crippen LogP contribution in [0.1, 0.15) is 13.8 Å². The number of amides is 1. The number of hydrogen-bond acceptors (Lipinski definition) is 5. The Morgan fingerprint density at radius 1 is 1.26 bits per heavy atom. The Bertz CT molecular complexity index is 981.